The number of anilines is 1. The molecule has 5 heteroatoms. The third kappa shape index (κ3) is 1.67. The molecule has 0 amide bonds. The van der Waals surface area contributed by atoms with Crippen molar-refractivity contribution in [2.45, 2.75) is 13.0 Å². The average Bonchev–Trinajstić information content (AvgIpc) is 2.75. The first-order valence-corrected chi connectivity index (χ1v) is 5.57. The van der Waals surface area contributed by atoms with E-state index in [1.165, 1.54) is 0 Å². The molecule has 0 aromatic carbocycles. The number of hydrogen-bond acceptors (Lipinski definition) is 5. The van der Waals surface area contributed by atoms with Crippen molar-refractivity contribution in [3.05, 3.63) is 12.3 Å². The molecule has 0 spiro atoms. The number of hydrogen-bond donors (Lipinski definition) is 1. The standard InChI is InChI=1S/C11H15N3O2/c1-8-6-14(3-2-12-8)9-4-10-11(13-5-9)16-7-15-10/h4-5,8,12H,2-3,6-7H2,1H3. The van der Waals surface area contributed by atoms with Gasteiger partial charge >= 0.3 is 0 Å². The molecule has 1 fully saturated rings. The topological polar surface area (TPSA) is 46.6 Å². The lowest BCUT2D eigenvalue weighted by atomic mass is 10.2. The van der Waals surface area contributed by atoms with Crippen LogP contribution in [0.2, 0.25) is 0 Å². The maximum atomic E-state index is 5.33. The number of aromatic nitrogens is 1. The van der Waals surface area contributed by atoms with Crippen LogP contribution in [-0.4, -0.2) is 37.5 Å². The molecular formula is C11H15N3O2. The Morgan fingerprint density at radius 3 is 3.31 bits per heavy atom. The van der Waals surface area contributed by atoms with E-state index < -0.39 is 0 Å². The number of ether oxygens (including phenoxy) is 2. The van der Waals surface area contributed by atoms with Crippen molar-refractivity contribution < 1.29 is 9.47 Å². The molecule has 1 aromatic heterocycles. The van der Waals surface area contributed by atoms with Gasteiger partial charge in [-0.1, -0.05) is 0 Å². The fourth-order valence-corrected chi connectivity index (χ4v) is 2.12. The van der Waals surface area contributed by atoms with Gasteiger partial charge in [-0.25, -0.2) is 4.98 Å². The van der Waals surface area contributed by atoms with Crippen LogP contribution in [0.5, 0.6) is 11.6 Å². The zero-order valence-corrected chi connectivity index (χ0v) is 9.27. The van der Waals surface area contributed by atoms with Gasteiger partial charge in [0.05, 0.1) is 11.9 Å². The van der Waals surface area contributed by atoms with Crippen molar-refractivity contribution in [2.24, 2.45) is 0 Å². The molecule has 5 nitrogen and oxygen atoms in total. The van der Waals surface area contributed by atoms with Crippen molar-refractivity contribution in [2.75, 3.05) is 31.3 Å². The van der Waals surface area contributed by atoms with Gasteiger partial charge in [0.1, 0.15) is 0 Å². The van der Waals surface area contributed by atoms with Crippen LogP contribution in [0.15, 0.2) is 12.3 Å². The highest BCUT2D eigenvalue weighted by Gasteiger charge is 2.20. The van der Waals surface area contributed by atoms with Crippen LogP contribution in [0, 0.1) is 0 Å². The molecule has 0 radical (unpaired) electrons. The second kappa shape index (κ2) is 3.83. The van der Waals surface area contributed by atoms with Crippen LogP contribution in [-0.2, 0) is 0 Å². The van der Waals surface area contributed by atoms with Gasteiger partial charge < -0.3 is 19.7 Å². The molecule has 2 aliphatic rings. The van der Waals surface area contributed by atoms with Crippen LogP contribution in [0.25, 0.3) is 0 Å². The van der Waals surface area contributed by atoms with Crippen LogP contribution in [0.3, 0.4) is 0 Å². The summed E-state index contributed by atoms with van der Waals surface area (Å²) in [6.45, 7) is 5.49. The smallest absolute Gasteiger partial charge is 0.260 e. The Balaban J connectivity index is 1.83. The highest BCUT2D eigenvalue weighted by atomic mass is 16.7. The lowest BCUT2D eigenvalue weighted by Gasteiger charge is -2.33. The van der Waals surface area contributed by atoms with Gasteiger partial charge in [-0.2, -0.15) is 0 Å². The lowest BCUT2D eigenvalue weighted by molar-refractivity contribution is 0.171. The molecule has 0 bridgehead atoms. The highest BCUT2D eigenvalue weighted by Crippen LogP contribution is 2.33. The molecule has 1 saturated heterocycles. The summed E-state index contributed by atoms with van der Waals surface area (Å²) in [4.78, 5) is 6.57. The Morgan fingerprint density at radius 2 is 2.44 bits per heavy atom. The van der Waals surface area contributed by atoms with Crippen LogP contribution < -0.4 is 19.7 Å². The molecule has 1 aromatic rings. The molecule has 86 valence electrons. The zero-order valence-electron chi connectivity index (χ0n) is 9.27. The summed E-state index contributed by atoms with van der Waals surface area (Å²) >= 11 is 0. The molecule has 1 unspecified atom stereocenters. The van der Waals surface area contributed by atoms with E-state index in [-0.39, 0.29) is 6.79 Å². The van der Waals surface area contributed by atoms with Crippen molar-refractivity contribution in [1.82, 2.24) is 10.3 Å². The maximum Gasteiger partial charge on any atom is 0.260 e. The molecule has 0 saturated carbocycles. The molecule has 2 aliphatic heterocycles. The summed E-state index contributed by atoms with van der Waals surface area (Å²) in [5, 5.41) is 3.42. The monoisotopic (exact) mass is 221 g/mol. The van der Waals surface area contributed by atoms with Gasteiger partial charge in [-0.15, -0.1) is 0 Å². The van der Waals surface area contributed by atoms with Crippen molar-refractivity contribution in [1.29, 1.82) is 0 Å². The van der Waals surface area contributed by atoms with Gasteiger partial charge in [0.25, 0.3) is 5.88 Å². The summed E-state index contributed by atoms with van der Waals surface area (Å²) in [6, 6.07) is 2.52. The van der Waals surface area contributed by atoms with E-state index in [2.05, 4.69) is 22.1 Å². The first-order valence-electron chi connectivity index (χ1n) is 5.57. The van der Waals surface area contributed by atoms with Crippen LogP contribution >= 0.6 is 0 Å². The van der Waals surface area contributed by atoms with E-state index in [9.17, 15) is 0 Å². The molecule has 1 N–H and O–H groups in total. The number of nitrogens with zero attached hydrogens (tertiary/aromatic N) is 2. The van der Waals surface area contributed by atoms with Gasteiger partial charge in [0.2, 0.25) is 6.79 Å². The minimum Gasteiger partial charge on any atom is -0.452 e. The van der Waals surface area contributed by atoms with Gasteiger partial charge in [0.15, 0.2) is 5.75 Å². The summed E-state index contributed by atoms with van der Waals surface area (Å²) < 4.78 is 10.5. The summed E-state index contributed by atoms with van der Waals surface area (Å²) in [5.74, 6) is 1.36. The van der Waals surface area contributed by atoms with Crippen molar-refractivity contribution >= 4 is 5.69 Å². The Hall–Kier alpha value is -1.49. The van der Waals surface area contributed by atoms with E-state index in [4.69, 9.17) is 9.47 Å². The van der Waals surface area contributed by atoms with E-state index >= 15 is 0 Å². The molecule has 3 rings (SSSR count). The van der Waals surface area contributed by atoms with Gasteiger partial charge in [0, 0.05) is 31.7 Å². The Kier molecular flexibility index (Phi) is 2.32. The van der Waals surface area contributed by atoms with Gasteiger partial charge in [-0.3, -0.25) is 0 Å². The van der Waals surface area contributed by atoms with E-state index in [1.807, 2.05) is 12.3 Å². The predicted octanol–water partition coefficient (Wildman–Crippen LogP) is 0.608. The van der Waals surface area contributed by atoms with E-state index in [0.29, 0.717) is 11.9 Å². The molecule has 0 aliphatic carbocycles. The first-order chi connectivity index (χ1) is 7.83. The Morgan fingerprint density at radius 1 is 1.50 bits per heavy atom. The third-order valence-corrected chi connectivity index (χ3v) is 2.95. The van der Waals surface area contributed by atoms with E-state index in [0.717, 1.165) is 31.1 Å². The number of rotatable bonds is 1. The minimum absolute atomic E-state index is 0.281. The van der Waals surface area contributed by atoms with Crippen LogP contribution in [0.1, 0.15) is 6.92 Å². The second-order valence-electron chi connectivity index (χ2n) is 4.20. The fraction of sp³-hybridized carbons (Fsp3) is 0.545. The second-order valence-corrected chi connectivity index (χ2v) is 4.20. The maximum absolute atomic E-state index is 5.33. The number of pyridine rings is 1. The minimum atomic E-state index is 0.281. The number of piperazine rings is 1. The Labute approximate surface area is 94.4 Å². The summed E-state index contributed by atoms with van der Waals surface area (Å²) in [7, 11) is 0. The van der Waals surface area contributed by atoms with Crippen molar-refractivity contribution in [3.8, 4) is 11.6 Å². The zero-order chi connectivity index (χ0) is 11.0. The summed E-state index contributed by atoms with van der Waals surface area (Å²) in [5.41, 5.74) is 1.11. The predicted molar refractivity (Wildman–Crippen MR) is 60.0 cm³/mol. The molecule has 3 heterocycles. The van der Waals surface area contributed by atoms with Gasteiger partial charge in [-0.05, 0) is 6.92 Å². The SMILES string of the molecule is CC1CN(c2cnc3c(c2)OCO3)CCN1. The van der Waals surface area contributed by atoms with Crippen molar-refractivity contribution in [3.63, 3.8) is 0 Å². The first kappa shape index (κ1) is 9.72. The largest absolute Gasteiger partial charge is 0.452 e. The lowest BCUT2D eigenvalue weighted by Crippen LogP contribution is -2.49. The third-order valence-electron chi connectivity index (χ3n) is 2.95. The Bertz CT molecular complexity index is 397. The fourth-order valence-electron chi connectivity index (χ4n) is 2.12. The molecule has 1 atom stereocenters. The van der Waals surface area contributed by atoms with E-state index in [1.54, 1.807) is 0 Å². The van der Waals surface area contributed by atoms with Crippen LogP contribution in [0.4, 0.5) is 5.69 Å². The quantitative estimate of drug-likeness (QED) is 0.752. The molecule has 16 heavy (non-hydrogen) atoms. The summed E-state index contributed by atoms with van der Waals surface area (Å²) in [6.07, 6.45) is 1.85. The number of nitrogens with one attached hydrogen (secondary N) is 1. The average molecular weight is 221 g/mol. The highest BCUT2D eigenvalue weighted by molar-refractivity contribution is 5.53. The number of fused-ring (bicyclic) bond motifs is 1. The normalized spacial score (nSPS) is 23.6. The molecular weight excluding hydrogens is 206 g/mol.